The van der Waals surface area contributed by atoms with Crippen LogP contribution in [-0.4, -0.2) is 11.9 Å². The number of hydrogen-bond acceptors (Lipinski definition) is 2. The highest BCUT2D eigenvalue weighted by Gasteiger charge is 2.12. The SMILES string of the molecule is CC(Cc1ccccc1Cl)NC(=O)c1ccc(N)c(Br)c1. The van der Waals surface area contributed by atoms with Crippen LogP contribution in [0.2, 0.25) is 5.02 Å². The third-order valence-electron chi connectivity index (χ3n) is 3.12. The number of carbonyl (C=O) groups excluding carboxylic acids is 1. The van der Waals surface area contributed by atoms with Crippen molar-refractivity contribution >= 4 is 39.1 Å². The van der Waals surface area contributed by atoms with Crippen LogP contribution < -0.4 is 11.1 Å². The molecule has 0 spiro atoms. The molecule has 0 aliphatic carbocycles. The summed E-state index contributed by atoms with van der Waals surface area (Å²) in [4.78, 5) is 12.2. The summed E-state index contributed by atoms with van der Waals surface area (Å²) in [7, 11) is 0. The van der Waals surface area contributed by atoms with Crippen LogP contribution in [-0.2, 0) is 6.42 Å². The summed E-state index contributed by atoms with van der Waals surface area (Å²) in [5.74, 6) is -0.129. The van der Waals surface area contributed by atoms with Crippen molar-refractivity contribution in [1.82, 2.24) is 5.32 Å². The molecular weight excluding hydrogens is 352 g/mol. The smallest absolute Gasteiger partial charge is 0.251 e. The molecule has 0 saturated carbocycles. The summed E-state index contributed by atoms with van der Waals surface area (Å²) in [5.41, 5.74) is 7.91. The molecule has 3 nitrogen and oxygen atoms in total. The Hall–Kier alpha value is -1.52. The lowest BCUT2D eigenvalue weighted by Crippen LogP contribution is -2.34. The lowest BCUT2D eigenvalue weighted by molar-refractivity contribution is 0.0940. The molecule has 21 heavy (non-hydrogen) atoms. The van der Waals surface area contributed by atoms with Gasteiger partial charge in [-0.1, -0.05) is 29.8 Å². The first kappa shape index (κ1) is 15.9. The predicted molar refractivity (Wildman–Crippen MR) is 90.6 cm³/mol. The quantitative estimate of drug-likeness (QED) is 0.801. The molecule has 110 valence electrons. The van der Waals surface area contributed by atoms with Gasteiger partial charge in [0.05, 0.1) is 0 Å². The van der Waals surface area contributed by atoms with E-state index in [0.29, 0.717) is 27.2 Å². The molecule has 2 aromatic rings. The van der Waals surface area contributed by atoms with Crippen LogP contribution in [0.5, 0.6) is 0 Å². The van der Waals surface area contributed by atoms with Crippen molar-refractivity contribution in [1.29, 1.82) is 0 Å². The average molecular weight is 368 g/mol. The van der Waals surface area contributed by atoms with Crippen LogP contribution in [0.3, 0.4) is 0 Å². The minimum atomic E-state index is -0.129. The van der Waals surface area contributed by atoms with Crippen molar-refractivity contribution in [2.75, 3.05) is 5.73 Å². The monoisotopic (exact) mass is 366 g/mol. The van der Waals surface area contributed by atoms with Gasteiger partial charge in [-0.05, 0) is 59.1 Å². The first-order valence-corrected chi connectivity index (χ1v) is 7.73. The predicted octanol–water partition coefficient (Wildman–Crippen LogP) is 4.05. The molecular formula is C16H16BrClN2O. The first-order valence-electron chi connectivity index (χ1n) is 6.56. The molecule has 0 aliphatic rings. The summed E-state index contributed by atoms with van der Waals surface area (Å²) in [6, 6.07) is 12.7. The minimum Gasteiger partial charge on any atom is -0.398 e. The molecule has 1 atom stereocenters. The van der Waals surface area contributed by atoms with Crippen molar-refractivity contribution in [3.05, 3.63) is 63.1 Å². The summed E-state index contributed by atoms with van der Waals surface area (Å²) in [5, 5.41) is 3.68. The molecule has 0 heterocycles. The van der Waals surface area contributed by atoms with Gasteiger partial charge in [0.15, 0.2) is 0 Å². The number of amides is 1. The number of hydrogen-bond donors (Lipinski definition) is 2. The van der Waals surface area contributed by atoms with Crippen LogP contribution in [0.4, 0.5) is 5.69 Å². The van der Waals surface area contributed by atoms with E-state index in [0.717, 1.165) is 5.56 Å². The molecule has 1 amide bonds. The van der Waals surface area contributed by atoms with E-state index in [-0.39, 0.29) is 11.9 Å². The highest BCUT2D eigenvalue weighted by molar-refractivity contribution is 9.10. The Kier molecular flexibility index (Phi) is 5.26. The number of nitrogens with one attached hydrogen (secondary N) is 1. The Bertz CT molecular complexity index is 660. The molecule has 2 aromatic carbocycles. The van der Waals surface area contributed by atoms with Crippen molar-refractivity contribution in [2.24, 2.45) is 0 Å². The molecule has 0 fully saturated rings. The molecule has 2 rings (SSSR count). The van der Waals surface area contributed by atoms with Gasteiger partial charge < -0.3 is 11.1 Å². The normalized spacial score (nSPS) is 12.0. The Morgan fingerprint density at radius 2 is 2.05 bits per heavy atom. The van der Waals surface area contributed by atoms with Crippen LogP contribution in [0.1, 0.15) is 22.8 Å². The zero-order valence-electron chi connectivity index (χ0n) is 11.6. The zero-order valence-corrected chi connectivity index (χ0v) is 13.9. The fraction of sp³-hybridized carbons (Fsp3) is 0.188. The second kappa shape index (κ2) is 6.96. The largest absolute Gasteiger partial charge is 0.398 e. The first-order chi connectivity index (χ1) is 9.97. The van der Waals surface area contributed by atoms with Gasteiger partial charge in [-0.2, -0.15) is 0 Å². The van der Waals surface area contributed by atoms with Crippen LogP contribution in [0, 0.1) is 0 Å². The van der Waals surface area contributed by atoms with E-state index < -0.39 is 0 Å². The van der Waals surface area contributed by atoms with Gasteiger partial charge >= 0.3 is 0 Å². The third-order valence-corrected chi connectivity index (χ3v) is 4.18. The van der Waals surface area contributed by atoms with Crippen molar-refractivity contribution in [2.45, 2.75) is 19.4 Å². The maximum Gasteiger partial charge on any atom is 0.251 e. The Morgan fingerprint density at radius 3 is 2.71 bits per heavy atom. The summed E-state index contributed by atoms with van der Waals surface area (Å²) in [6.45, 7) is 1.95. The third kappa shape index (κ3) is 4.22. The van der Waals surface area contributed by atoms with Crippen LogP contribution in [0.15, 0.2) is 46.9 Å². The van der Waals surface area contributed by atoms with Gasteiger partial charge in [0.25, 0.3) is 5.91 Å². The number of benzene rings is 2. The second-order valence-electron chi connectivity index (χ2n) is 4.91. The molecule has 0 radical (unpaired) electrons. The van der Waals surface area contributed by atoms with Gasteiger partial charge in [-0.25, -0.2) is 0 Å². The topological polar surface area (TPSA) is 55.1 Å². The summed E-state index contributed by atoms with van der Waals surface area (Å²) < 4.78 is 0.717. The lowest BCUT2D eigenvalue weighted by atomic mass is 10.1. The van der Waals surface area contributed by atoms with Crippen molar-refractivity contribution in [3.8, 4) is 0 Å². The summed E-state index contributed by atoms with van der Waals surface area (Å²) in [6.07, 6.45) is 0.682. The molecule has 0 saturated heterocycles. The van der Waals surface area contributed by atoms with Gasteiger partial charge in [-0.3, -0.25) is 4.79 Å². The van der Waals surface area contributed by atoms with Gasteiger partial charge in [0.2, 0.25) is 0 Å². The van der Waals surface area contributed by atoms with E-state index in [1.165, 1.54) is 0 Å². The number of nitrogen functional groups attached to an aromatic ring is 1. The molecule has 0 aromatic heterocycles. The fourth-order valence-corrected chi connectivity index (χ4v) is 2.61. The van der Waals surface area contributed by atoms with Gasteiger partial charge in [-0.15, -0.1) is 0 Å². The van der Waals surface area contributed by atoms with E-state index in [1.807, 2.05) is 31.2 Å². The zero-order chi connectivity index (χ0) is 15.4. The lowest BCUT2D eigenvalue weighted by Gasteiger charge is -2.15. The molecule has 3 N–H and O–H groups in total. The maximum atomic E-state index is 12.2. The maximum absolute atomic E-state index is 12.2. The minimum absolute atomic E-state index is 0.0197. The Balaban J connectivity index is 2.02. The molecule has 1 unspecified atom stereocenters. The molecule has 0 aliphatic heterocycles. The number of halogens is 2. The van der Waals surface area contributed by atoms with E-state index >= 15 is 0 Å². The Labute approximate surface area is 137 Å². The van der Waals surface area contributed by atoms with Gasteiger partial charge in [0.1, 0.15) is 0 Å². The number of rotatable bonds is 4. The average Bonchev–Trinajstić information content (AvgIpc) is 2.44. The van der Waals surface area contributed by atoms with Gasteiger partial charge in [0, 0.05) is 26.8 Å². The van der Waals surface area contributed by atoms with E-state index in [9.17, 15) is 4.79 Å². The highest BCUT2D eigenvalue weighted by atomic mass is 79.9. The second-order valence-corrected chi connectivity index (χ2v) is 6.17. The van der Waals surface area contributed by atoms with Crippen LogP contribution >= 0.6 is 27.5 Å². The molecule has 5 heteroatoms. The number of nitrogens with two attached hydrogens (primary N) is 1. The van der Waals surface area contributed by atoms with E-state index in [2.05, 4.69) is 21.2 Å². The van der Waals surface area contributed by atoms with Crippen molar-refractivity contribution in [3.63, 3.8) is 0 Å². The number of anilines is 1. The Morgan fingerprint density at radius 1 is 1.33 bits per heavy atom. The van der Waals surface area contributed by atoms with E-state index in [1.54, 1.807) is 18.2 Å². The van der Waals surface area contributed by atoms with Crippen LogP contribution in [0.25, 0.3) is 0 Å². The number of carbonyl (C=O) groups is 1. The van der Waals surface area contributed by atoms with E-state index in [4.69, 9.17) is 17.3 Å². The standard InChI is InChI=1S/C16H16BrClN2O/c1-10(8-11-4-2-3-5-14(11)18)20-16(21)12-6-7-15(19)13(17)9-12/h2-7,9-10H,8,19H2,1H3,(H,20,21). The van der Waals surface area contributed by atoms with Crippen molar-refractivity contribution < 1.29 is 4.79 Å². The fourth-order valence-electron chi connectivity index (χ4n) is 2.02. The highest BCUT2D eigenvalue weighted by Crippen LogP contribution is 2.21. The summed E-state index contributed by atoms with van der Waals surface area (Å²) >= 11 is 9.45. The molecule has 0 bridgehead atoms.